The second kappa shape index (κ2) is 7.39. The molecular weight excluding hydrogens is 422 g/mol. The number of benzene rings is 1. The molecule has 4 atom stereocenters. The van der Waals surface area contributed by atoms with Gasteiger partial charge in [0.15, 0.2) is 5.65 Å². The Labute approximate surface area is 187 Å². The third-order valence-electron chi connectivity index (χ3n) is 6.89. The van der Waals surface area contributed by atoms with Crippen LogP contribution in [-0.4, -0.2) is 52.1 Å². The van der Waals surface area contributed by atoms with Crippen LogP contribution in [0.4, 0.5) is 5.82 Å². The van der Waals surface area contributed by atoms with Crippen LogP contribution in [0.3, 0.4) is 0 Å². The van der Waals surface area contributed by atoms with Crippen LogP contribution in [0, 0.1) is 5.92 Å². The lowest BCUT2D eigenvalue weighted by Crippen LogP contribution is -2.29. The third-order valence-corrected chi connectivity index (χ3v) is 6.89. The van der Waals surface area contributed by atoms with Crippen molar-refractivity contribution in [3.63, 3.8) is 0 Å². The average Bonchev–Trinajstić information content (AvgIpc) is 3.48. The maximum atomic E-state index is 11.8. The van der Waals surface area contributed by atoms with Crippen molar-refractivity contribution in [3.05, 3.63) is 58.8 Å². The van der Waals surface area contributed by atoms with Gasteiger partial charge in [-0.15, -0.1) is 0 Å². The van der Waals surface area contributed by atoms with Gasteiger partial charge >= 0.3 is 0 Å². The molecule has 10 nitrogen and oxygen atoms in total. The maximum Gasteiger partial charge on any atom is 0.273 e. The number of nitrogens with zero attached hydrogens (tertiary/aromatic N) is 4. The Kier molecular flexibility index (Phi) is 4.46. The van der Waals surface area contributed by atoms with Crippen LogP contribution >= 0.6 is 0 Å². The summed E-state index contributed by atoms with van der Waals surface area (Å²) in [7, 11) is 0. The first-order chi connectivity index (χ1) is 16.0. The van der Waals surface area contributed by atoms with Gasteiger partial charge in [0.2, 0.25) is 0 Å². The number of H-pyrrole nitrogens is 2. The van der Waals surface area contributed by atoms with Gasteiger partial charge in [-0.1, -0.05) is 12.1 Å². The van der Waals surface area contributed by atoms with E-state index in [2.05, 4.69) is 25.1 Å². The number of fused-ring (bicyclic) bond motifs is 3. The van der Waals surface area contributed by atoms with Crippen molar-refractivity contribution in [2.24, 2.45) is 5.92 Å². The Morgan fingerprint density at radius 3 is 2.85 bits per heavy atom. The number of rotatable bonds is 4. The Morgan fingerprint density at radius 1 is 1.09 bits per heavy atom. The highest BCUT2D eigenvalue weighted by atomic mass is 16.3. The van der Waals surface area contributed by atoms with Gasteiger partial charge in [0, 0.05) is 11.6 Å². The SMILES string of the molecule is Nc1ncnc2c1ccn2[C@@H]1C[C@H](CCc2ccc3cc4c(=O)[nH][nH]c4nc3c2)[C@@H](O)[C@H]1O. The van der Waals surface area contributed by atoms with E-state index in [1.807, 2.05) is 41.1 Å². The molecule has 6 rings (SSSR count). The molecule has 0 amide bonds. The smallest absolute Gasteiger partial charge is 0.273 e. The van der Waals surface area contributed by atoms with Gasteiger partial charge < -0.3 is 20.5 Å². The molecule has 33 heavy (non-hydrogen) atoms. The molecule has 0 aliphatic heterocycles. The van der Waals surface area contributed by atoms with Crippen molar-refractivity contribution in [2.75, 3.05) is 5.73 Å². The highest BCUT2D eigenvalue weighted by Crippen LogP contribution is 2.39. The number of hydrogen-bond acceptors (Lipinski definition) is 7. The summed E-state index contributed by atoms with van der Waals surface area (Å²) in [5.74, 6) is 0.336. The first-order valence-electron chi connectivity index (χ1n) is 10.9. The van der Waals surface area contributed by atoms with E-state index >= 15 is 0 Å². The lowest BCUT2D eigenvalue weighted by atomic mass is 9.95. The van der Waals surface area contributed by atoms with Crippen LogP contribution in [0.2, 0.25) is 0 Å². The summed E-state index contributed by atoms with van der Waals surface area (Å²) in [6.07, 6.45) is 3.64. The molecule has 0 spiro atoms. The molecule has 1 aliphatic carbocycles. The third kappa shape index (κ3) is 3.18. The highest BCUT2D eigenvalue weighted by Gasteiger charge is 2.42. The zero-order valence-corrected chi connectivity index (χ0v) is 17.6. The summed E-state index contributed by atoms with van der Waals surface area (Å²) in [4.78, 5) is 24.7. The van der Waals surface area contributed by atoms with Crippen molar-refractivity contribution in [2.45, 2.75) is 37.5 Å². The Bertz CT molecular complexity index is 1550. The van der Waals surface area contributed by atoms with E-state index in [0.29, 0.717) is 28.9 Å². The fraction of sp³-hybridized carbons (Fsp3) is 0.304. The van der Waals surface area contributed by atoms with E-state index in [1.54, 1.807) is 0 Å². The first-order valence-corrected chi connectivity index (χ1v) is 10.9. The number of anilines is 1. The number of aryl methyl sites for hydroxylation is 1. The number of aromatic amines is 2. The van der Waals surface area contributed by atoms with Crippen LogP contribution in [-0.2, 0) is 6.42 Å². The number of hydrogen-bond donors (Lipinski definition) is 5. The zero-order valence-electron chi connectivity index (χ0n) is 17.6. The fourth-order valence-corrected chi connectivity index (χ4v) is 5.09. The van der Waals surface area contributed by atoms with Crippen LogP contribution in [0.25, 0.3) is 33.0 Å². The van der Waals surface area contributed by atoms with Gasteiger partial charge in [0.25, 0.3) is 5.56 Å². The Hall–Kier alpha value is -3.76. The molecule has 4 aromatic heterocycles. The van der Waals surface area contributed by atoms with E-state index in [1.165, 1.54) is 6.33 Å². The van der Waals surface area contributed by atoms with Crippen molar-refractivity contribution >= 4 is 38.8 Å². The number of pyridine rings is 1. The topological polar surface area (TPSA) is 159 Å². The maximum absolute atomic E-state index is 11.8. The van der Waals surface area contributed by atoms with Gasteiger partial charge in [-0.25, -0.2) is 15.0 Å². The summed E-state index contributed by atoms with van der Waals surface area (Å²) in [5, 5.41) is 29.1. The first kappa shape index (κ1) is 19.9. The molecule has 4 heterocycles. The molecule has 0 saturated heterocycles. The second-order valence-electron chi connectivity index (χ2n) is 8.79. The summed E-state index contributed by atoms with van der Waals surface area (Å²) in [5.41, 5.74) is 8.84. The molecule has 10 heteroatoms. The highest BCUT2D eigenvalue weighted by molar-refractivity contribution is 5.91. The van der Waals surface area contributed by atoms with E-state index < -0.39 is 12.2 Å². The van der Waals surface area contributed by atoms with Gasteiger partial charge in [-0.05, 0) is 48.9 Å². The largest absolute Gasteiger partial charge is 0.390 e. The minimum Gasteiger partial charge on any atom is -0.390 e. The van der Waals surface area contributed by atoms with Crippen molar-refractivity contribution in [3.8, 4) is 0 Å². The normalized spacial score (nSPS) is 23.2. The fourth-order valence-electron chi connectivity index (χ4n) is 5.09. The molecule has 6 N–H and O–H groups in total. The van der Waals surface area contributed by atoms with Gasteiger partial charge in [0.1, 0.15) is 23.9 Å². The molecule has 1 aliphatic rings. The van der Waals surface area contributed by atoms with E-state index in [0.717, 1.165) is 34.7 Å². The van der Waals surface area contributed by atoms with Crippen LogP contribution in [0.15, 0.2) is 47.7 Å². The Morgan fingerprint density at radius 2 is 1.97 bits per heavy atom. The molecule has 1 fully saturated rings. The van der Waals surface area contributed by atoms with Crippen LogP contribution in [0.1, 0.15) is 24.4 Å². The van der Waals surface area contributed by atoms with Crippen molar-refractivity contribution in [1.29, 1.82) is 0 Å². The molecule has 1 aromatic carbocycles. The molecule has 168 valence electrons. The lowest BCUT2D eigenvalue weighted by molar-refractivity contribution is 0.00545. The predicted octanol–water partition coefficient (Wildman–Crippen LogP) is 1.65. The van der Waals surface area contributed by atoms with E-state index in [4.69, 9.17) is 5.73 Å². The standard InChI is InChI=1S/C23H23N7O3/c24-20-14-5-6-30(22(14)26-10-25-20)17-9-13(18(31)19(17)32)4-2-11-1-3-12-8-15-21(27-16(12)7-11)28-29-23(15)33/h1,3,5-8,10,13,17-19,31-32H,2,4,9H2,(H2,24,25,26)(H2,27,28,29,33)/t13-,17+,18+,19-/m0/s1. The second-order valence-corrected chi connectivity index (χ2v) is 8.79. The molecule has 5 aromatic rings. The minimum atomic E-state index is -0.890. The Balaban J connectivity index is 1.22. The van der Waals surface area contributed by atoms with Crippen molar-refractivity contribution < 1.29 is 10.2 Å². The number of nitrogen functional groups attached to an aromatic ring is 1. The molecule has 1 saturated carbocycles. The van der Waals surface area contributed by atoms with Crippen molar-refractivity contribution in [1.82, 2.24) is 29.7 Å². The summed E-state index contributed by atoms with van der Waals surface area (Å²) in [6.45, 7) is 0. The lowest BCUT2D eigenvalue weighted by Gasteiger charge is -2.19. The molecule has 0 bridgehead atoms. The summed E-state index contributed by atoms with van der Waals surface area (Å²) < 4.78 is 1.89. The van der Waals surface area contributed by atoms with Crippen LogP contribution in [0.5, 0.6) is 0 Å². The van der Waals surface area contributed by atoms with Gasteiger partial charge in [-0.2, -0.15) is 0 Å². The van der Waals surface area contributed by atoms with E-state index in [-0.39, 0.29) is 17.5 Å². The number of aromatic nitrogens is 6. The number of aliphatic hydroxyl groups excluding tert-OH is 2. The predicted molar refractivity (Wildman–Crippen MR) is 124 cm³/mol. The molecular formula is C23H23N7O3. The molecule has 0 radical (unpaired) electrons. The quantitative estimate of drug-likeness (QED) is 0.281. The number of aliphatic hydroxyl groups is 2. The summed E-state index contributed by atoms with van der Waals surface area (Å²) in [6, 6.07) is 9.38. The van der Waals surface area contributed by atoms with Gasteiger partial charge in [-0.3, -0.25) is 15.0 Å². The summed E-state index contributed by atoms with van der Waals surface area (Å²) >= 11 is 0. The minimum absolute atomic E-state index is 0.0613. The van der Waals surface area contributed by atoms with Crippen LogP contribution < -0.4 is 11.3 Å². The average molecular weight is 445 g/mol. The molecule has 0 unspecified atom stereocenters. The monoisotopic (exact) mass is 445 g/mol. The number of nitrogens with one attached hydrogen (secondary N) is 2. The zero-order chi connectivity index (χ0) is 22.7. The van der Waals surface area contributed by atoms with Gasteiger partial charge in [0.05, 0.1) is 28.4 Å². The number of nitrogens with two attached hydrogens (primary N) is 1. The van der Waals surface area contributed by atoms with E-state index in [9.17, 15) is 15.0 Å².